The zero-order chi connectivity index (χ0) is 57.3. The SMILES string of the molecule is CCCCCCCCCCCCCC=CC(O)C(CO)NC(=O)CCCCCCCCCCCCCCCCCCCCCCCCCCCCCOC(=O)C(O)CCCCCCCCCCCCCCCCCCCCCC. The number of esters is 1. The topological polar surface area (TPSA) is 116 Å². The molecule has 3 atom stereocenters. The predicted molar refractivity (Wildman–Crippen MR) is 344 cm³/mol. The fourth-order valence-electron chi connectivity index (χ4n) is 11.6. The number of unbranched alkanes of at least 4 members (excludes halogenated alkanes) is 56. The Balaban J connectivity index is 3.36. The lowest BCUT2D eigenvalue weighted by atomic mass is 10.0. The van der Waals surface area contributed by atoms with Gasteiger partial charge in [0.25, 0.3) is 0 Å². The molecule has 3 unspecified atom stereocenters. The van der Waals surface area contributed by atoms with E-state index < -0.39 is 24.2 Å². The molecular weight excluding hydrogens is 975 g/mol. The van der Waals surface area contributed by atoms with Crippen LogP contribution in [0, 0.1) is 0 Å². The zero-order valence-electron chi connectivity index (χ0n) is 53.5. The second kappa shape index (κ2) is 67.4. The van der Waals surface area contributed by atoms with Crippen molar-refractivity contribution in [2.24, 2.45) is 0 Å². The van der Waals surface area contributed by atoms with Crippen molar-refractivity contribution in [3.05, 3.63) is 12.2 Å². The first-order valence-electron chi connectivity index (χ1n) is 36.1. The summed E-state index contributed by atoms with van der Waals surface area (Å²) < 4.78 is 5.38. The van der Waals surface area contributed by atoms with E-state index in [1.165, 1.54) is 327 Å². The van der Waals surface area contributed by atoms with E-state index in [1.807, 2.05) is 6.08 Å². The predicted octanol–water partition coefficient (Wildman–Crippen LogP) is 22.1. The normalized spacial score (nSPS) is 12.9. The number of carbonyl (C=O) groups excluding carboxylic acids is 2. The molecule has 0 saturated heterocycles. The molecule has 0 aromatic carbocycles. The summed E-state index contributed by atoms with van der Waals surface area (Å²) in [6.07, 6.45) is 80.7. The third-order valence-corrected chi connectivity index (χ3v) is 17.2. The van der Waals surface area contributed by atoms with Gasteiger partial charge < -0.3 is 25.4 Å². The smallest absolute Gasteiger partial charge is 0.334 e. The van der Waals surface area contributed by atoms with Crippen LogP contribution in [0.1, 0.15) is 406 Å². The average molecular weight is 1120 g/mol. The van der Waals surface area contributed by atoms with Gasteiger partial charge in [-0.3, -0.25) is 4.79 Å². The van der Waals surface area contributed by atoms with Gasteiger partial charge in [-0.25, -0.2) is 4.79 Å². The maximum atomic E-state index is 12.5. The van der Waals surface area contributed by atoms with Gasteiger partial charge in [0.1, 0.15) is 0 Å². The Labute approximate surface area is 493 Å². The second-order valence-electron chi connectivity index (χ2n) is 25.1. The third-order valence-electron chi connectivity index (χ3n) is 17.2. The van der Waals surface area contributed by atoms with Crippen LogP contribution in [0.2, 0.25) is 0 Å². The molecule has 1 amide bonds. The molecule has 0 radical (unpaired) electrons. The van der Waals surface area contributed by atoms with Crippen LogP contribution >= 0.6 is 0 Å². The molecule has 0 aliphatic rings. The van der Waals surface area contributed by atoms with Crippen molar-refractivity contribution in [1.82, 2.24) is 5.32 Å². The number of aliphatic hydroxyl groups is 3. The lowest BCUT2D eigenvalue weighted by molar-refractivity contribution is -0.154. The molecule has 7 nitrogen and oxygen atoms in total. The van der Waals surface area contributed by atoms with Crippen LogP contribution in [0.3, 0.4) is 0 Å². The highest BCUT2D eigenvalue weighted by Gasteiger charge is 2.18. The minimum atomic E-state index is -0.946. The van der Waals surface area contributed by atoms with Crippen LogP contribution in [-0.4, -0.2) is 58.7 Å². The van der Waals surface area contributed by atoms with Crippen molar-refractivity contribution in [3.8, 4) is 0 Å². The van der Waals surface area contributed by atoms with Crippen LogP contribution in [0.15, 0.2) is 12.2 Å². The quantitative estimate of drug-likeness (QED) is 0.0274. The molecule has 0 spiro atoms. The maximum absolute atomic E-state index is 12.5. The van der Waals surface area contributed by atoms with E-state index in [9.17, 15) is 24.9 Å². The fourth-order valence-corrected chi connectivity index (χ4v) is 11.6. The molecule has 0 rings (SSSR count). The number of amides is 1. The first kappa shape index (κ1) is 77.6. The van der Waals surface area contributed by atoms with E-state index in [2.05, 4.69) is 19.2 Å². The number of rotatable bonds is 68. The summed E-state index contributed by atoms with van der Waals surface area (Å²) in [5.74, 6) is -0.482. The number of carbonyl (C=O) groups is 2. The number of allylic oxidation sites excluding steroid dienone is 1. The number of ether oxygens (including phenoxy) is 1. The molecular formula is C72H141NO6. The van der Waals surface area contributed by atoms with Crippen LogP contribution in [0.25, 0.3) is 0 Å². The number of hydrogen-bond acceptors (Lipinski definition) is 6. The van der Waals surface area contributed by atoms with E-state index in [0.29, 0.717) is 19.4 Å². The highest BCUT2D eigenvalue weighted by Crippen LogP contribution is 2.19. The van der Waals surface area contributed by atoms with Gasteiger partial charge in [0, 0.05) is 6.42 Å². The maximum Gasteiger partial charge on any atom is 0.334 e. The Hall–Kier alpha value is -1.44. The van der Waals surface area contributed by atoms with Crippen molar-refractivity contribution in [3.63, 3.8) is 0 Å². The van der Waals surface area contributed by atoms with Crippen molar-refractivity contribution < 1.29 is 29.6 Å². The molecule has 0 aromatic heterocycles. The monoisotopic (exact) mass is 1120 g/mol. The highest BCUT2D eigenvalue weighted by molar-refractivity contribution is 5.76. The van der Waals surface area contributed by atoms with Crippen LogP contribution in [0.5, 0.6) is 0 Å². The van der Waals surface area contributed by atoms with Gasteiger partial charge in [-0.05, 0) is 32.1 Å². The molecule has 7 heteroatoms. The number of aliphatic hydroxyl groups excluding tert-OH is 3. The van der Waals surface area contributed by atoms with Crippen LogP contribution < -0.4 is 5.32 Å². The fraction of sp³-hybridized carbons (Fsp3) is 0.944. The molecule has 0 bridgehead atoms. The van der Waals surface area contributed by atoms with Crippen molar-refractivity contribution in [1.29, 1.82) is 0 Å². The van der Waals surface area contributed by atoms with Crippen molar-refractivity contribution >= 4 is 11.9 Å². The summed E-state index contributed by atoms with van der Waals surface area (Å²) in [5, 5.41) is 33.4. The third kappa shape index (κ3) is 62.4. The van der Waals surface area contributed by atoms with Crippen molar-refractivity contribution in [2.45, 2.75) is 424 Å². The average Bonchev–Trinajstić information content (AvgIpc) is 3.45. The van der Waals surface area contributed by atoms with E-state index in [4.69, 9.17) is 4.74 Å². The summed E-state index contributed by atoms with van der Waals surface area (Å²) in [4.78, 5) is 24.7. The Kier molecular flexibility index (Phi) is 66.1. The van der Waals surface area contributed by atoms with E-state index in [1.54, 1.807) is 6.08 Å². The molecule has 0 aliphatic heterocycles. The van der Waals surface area contributed by atoms with Gasteiger partial charge in [-0.1, -0.05) is 379 Å². The Morgan fingerprint density at radius 2 is 0.633 bits per heavy atom. The Morgan fingerprint density at radius 1 is 0.367 bits per heavy atom. The summed E-state index contributed by atoms with van der Waals surface area (Å²) >= 11 is 0. The minimum Gasteiger partial charge on any atom is -0.464 e. The summed E-state index contributed by atoms with van der Waals surface area (Å²) in [5.41, 5.74) is 0. The van der Waals surface area contributed by atoms with Crippen LogP contribution in [0.4, 0.5) is 0 Å². The van der Waals surface area contributed by atoms with E-state index >= 15 is 0 Å². The summed E-state index contributed by atoms with van der Waals surface area (Å²) in [6.45, 7) is 4.76. The largest absolute Gasteiger partial charge is 0.464 e. The standard InChI is InChI=1S/C72H141NO6/c1-3-5-7-9-11-13-15-17-18-19-20-30-33-36-40-44-48-52-56-60-64-70(76)72(78)79-66-62-58-54-50-46-42-38-35-32-29-27-25-23-21-22-24-26-28-31-34-37-41-45-49-53-57-61-65-71(77)73-68(67-74)69(75)63-59-55-51-47-43-39-16-14-12-10-8-6-4-2/h59,63,68-70,74-76H,3-58,60-62,64-67H2,1-2H3,(H,73,77). The summed E-state index contributed by atoms with van der Waals surface area (Å²) in [7, 11) is 0. The van der Waals surface area contributed by atoms with Crippen molar-refractivity contribution in [2.75, 3.05) is 13.2 Å². The van der Waals surface area contributed by atoms with Gasteiger partial charge in [-0.15, -0.1) is 0 Å². The van der Waals surface area contributed by atoms with E-state index in [0.717, 1.165) is 51.4 Å². The molecule has 0 aromatic rings. The number of hydrogen-bond donors (Lipinski definition) is 4. The second-order valence-corrected chi connectivity index (χ2v) is 25.1. The summed E-state index contributed by atoms with van der Waals surface area (Å²) in [6, 6.07) is -0.628. The Morgan fingerprint density at radius 3 is 0.937 bits per heavy atom. The minimum absolute atomic E-state index is 0.0667. The van der Waals surface area contributed by atoms with Gasteiger partial charge in [0.15, 0.2) is 6.10 Å². The van der Waals surface area contributed by atoms with Gasteiger partial charge in [-0.2, -0.15) is 0 Å². The molecule has 0 heterocycles. The Bertz CT molecular complexity index is 1210. The molecule has 0 fully saturated rings. The molecule has 470 valence electrons. The first-order valence-corrected chi connectivity index (χ1v) is 36.1. The highest BCUT2D eigenvalue weighted by atomic mass is 16.5. The van der Waals surface area contributed by atoms with Gasteiger partial charge in [0.2, 0.25) is 5.91 Å². The van der Waals surface area contributed by atoms with Crippen LogP contribution in [-0.2, 0) is 14.3 Å². The van der Waals surface area contributed by atoms with Gasteiger partial charge in [0.05, 0.1) is 25.4 Å². The van der Waals surface area contributed by atoms with E-state index in [-0.39, 0.29) is 12.5 Å². The molecule has 79 heavy (non-hydrogen) atoms. The lowest BCUT2D eigenvalue weighted by Gasteiger charge is -2.20. The zero-order valence-corrected chi connectivity index (χ0v) is 53.5. The van der Waals surface area contributed by atoms with Gasteiger partial charge >= 0.3 is 5.97 Å². The molecule has 0 aliphatic carbocycles. The number of nitrogens with one attached hydrogen (secondary N) is 1. The lowest BCUT2D eigenvalue weighted by Crippen LogP contribution is -2.45. The molecule has 4 N–H and O–H groups in total. The molecule has 0 saturated carbocycles. The first-order chi connectivity index (χ1) is 39.0.